The molecule has 144 valence electrons. The van der Waals surface area contributed by atoms with E-state index in [0.717, 1.165) is 11.1 Å². The zero-order valence-corrected chi connectivity index (χ0v) is 16.6. The Kier molecular flexibility index (Phi) is 5.34. The van der Waals surface area contributed by atoms with Crippen molar-refractivity contribution in [3.05, 3.63) is 54.1 Å². The van der Waals surface area contributed by atoms with Gasteiger partial charge in [-0.15, -0.1) is 5.10 Å². The van der Waals surface area contributed by atoms with E-state index in [4.69, 9.17) is 9.47 Å². The van der Waals surface area contributed by atoms with Crippen LogP contribution in [0.25, 0.3) is 11.4 Å². The lowest BCUT2D eigenvalue weighted by atomic mass is 10.1. The Labute approximate surface area is 167 Å². The molecular formula is C21H21N3O3S. The molecular weight excluding hydrogens is 374 g/mol. The summed E-state index contributed by atoms with van der Waals surface area (Å²) in [6.45, 7) is 4.95. The van der Waals surface area contributed by atoms with Crippen LogP contribution in [-0.2, 0) is 0 Å². The monoisotopic (exact) mass is 395 g/mol. The van der Waals surface area contributed by atoms with Gasteiger partial charge in [0.15, 0.2) is 22.5 Å². The first-order valence-electron chi connectivity index (χ1n) is 9.31. The molecule has 0 N–H and O–H groups in total. The van der Waals surface area contributed by atoms with Gasteiger partial charge in [0, 0.05) is 17.2 Å². The third-order valence-electron chi connectivity index (χ3n) is 4.39. The Morgan fingerprint density at radius 1 is 1.07 bits per heavy atom. The van der Waals surface area contributed by atoms with Crippen LogP contribution >= 0.6 is 11.8 Å². The summed E-state index contributed by atoms with van der Waals surface area (Å²) >= 11 is 1.57. The molecule has 0 unspecified atom stereocenters. The molecule has 4 rings (SSSR count). The molecule has 0 saturated heterocycles. The van der Waals surface area contributed by atoms with E-state index in [-0.39, 0.29) is 11.2 Å². The first kappa shape index (κ1) is 18.6. The van der Waals surface area contributed by atoms with Crippen LogP contribution in [0.1, 0.15) is 35.9 Å². The van der Waals surface area contributed by atoms with Crippen LogP contribution in [0.2, 0.25) is 0 Å². The van der Waals surface area contributed by atoms with Crippen molar-refractivity contribution in [1.29, 1.82) is 0 Å². The molecule has 7 heteroatoms. The lowest BCUT2D eigenvalue weighted by Crippen LogP contribution is -2.20. The Bertz CT molecular complexity index is 988. The largest absolute Gasteiger partial charge is 0.490 e. The number of fused-ring (bicyclic) bond motifs is 1. The zero-order valence-electron chi connectivity index (χ0n) is 15.8. The van der Waals surface area contributed by atoms with E-state index < -0.39 is 0 Å². The summed E-state index contributed by atoms with van der Waals surface area (Å²) in [5.74, 6) is 1.80. The van der Waals surface area contributed by atoms with E-state index in [1.54, 1.807) is 11.8 Å². The van der Waals surface area contributed by atoms with Crippen molar-refractivity contribution in [2.45, 2.75) is 30.7 Å². The summed E-state index contributed by atoms with van der Waals surface area (Å²) in [4.78, 5) is 17.2. The maximum atomic E-state index is 12.6. The average Bonchev–Trinajstić information content (AvgIpc) is 3.15. The molecule has 0 radical (unpaired) electrons. The van der Waals surface area contributed by atoms with Gasteiger partial charge in [-0.2, -0.15) is 4.68 Å². The fourth-order valence-corrected chi connectivity index (χ4v) is 4.27. The summed E-state index contributed by atoms with van der Waals surface area (Å²) in [5, 5.41) is 5.12. The minimum Gasteiger partial charge on any atom is -0.490 e. The third-order valence-corrected chi connectivity index (χ3v) is 5.59. The van der Waals surface area contributed by atoms with E-state index >= 15 is 0 Å². The number of carbonyl (C=O) groups is 1. The Morgan fingerprint density at radius 2 is 1.82 bits per heavy atom. The summed E-state index contributed by atoms with van der Waals surface area (Å²) < 4.78 is 12.7. The first-order chi connectivity index (χ1) is 13.7. The lowest BCUT2D eigenvalue weighted by molar-refractivity contribution is 0.0868. The predicted octanol–water partition coefficient (Wildman–Crippen LogP) is 4.62. The van der Waals surface area contributed by atoms with Crippen molar-refractivity contribution < 1.29 is 14.3 Å². The van der Waals surface area contributed by atoms with Gasteiger partial charge in [0.2, 0.25) is 0 Å². The van der Waals surface area contributed by atoms with Crippen molar-refractivity contribution in [2.24, 2.45) is 0 Å². The van der Waals surface area contributed by atoms with E-state index in [1.165, 1.54) is 4.68 Å². The number of thioether (sulfide) groups is 1. The lowest BCUT2D eigenvalue weighted by Gasteiger charge is -2.20. The number of hydrogen-bond donors (Lipinski definition) is 0. The van der Waals surface area contributed by atoms with Crippen molar-refractivity contribution >= 4 is 17.7 Å². The second-order valence-corrected chi connectivity index (χ2v) is 7.44. The Balaban J connectivity index is 1.65. The van der Waals surface area contributed by atoms with E-state index in [1.807, 2.05) is 62.4 Å². The number of rotatable bonds is 6. The van der Waals surface area contributed by atoms with Gasteiger partial charge in [-0.1, -0.05) is 42.1 Å². The standard InChI is InChI=1S/C21H21N3O3S/c1-3-26-16-11-10-15(12-17(16)27-4-2)20-22-21-24(23-20)19(25)13-18(28-21)14-8-6-5-7-9-14/h5-12,18H,3-4,13H2,1-2H3/t18-/m1/s1. The van der Waals surface area contributed by atoms with E-state index in [0.29, 0.717) is 42.1 Å². The van der Waals surface area contributed by atoms with Crippen LogP contribution in [0.15, 0.2) is 53.7 Å². The van der Waals surface area contributed by atoms with Gasteiger partial charge < -0.3 is 9.47 Å². The van der Waals surface area contributed by atoms with Crippen LogP contribution in [0.5, 0.6) is 11.5 Å². The molecule has 0 aliphatic carbocycles. The molecule has 1 aliphatic heterocycles. The van der Waals surface area contributed by atoms with Crippen LogP contribution in [0, 0.1) is 0 Å². The summed E-state index contributed by atoms with van der Waals surface area (Å²) in [7, 11) is 0. The highest BCUT2D eigenvalue weighted by Gasteiger charge is 2.30. The first-order valence-corrected chi connectivity index (χ1v) is 10.2. The van der Waals surface area contributed by atoms with Crippen LogP contribution in [0.3, 0.4) is 0 Å². The number of hydrogen-bond acceptors (Lipinski definition) is 6. The normalized spacial score (nSPS) is 15.9. The van der Waals surface area contributed by atoms with Gasteiger partial charge in [0.1, 0.15) is 0 Å². The van der Waals surface area contributed by atoms with Crippen molar-refractivity contribution in [3.63, 3.8) is 0 Å². The van der Waals surface area contributed by atoms with Gasteiger partial charge in [-0.3, -0.25) is 4.79 Å². The molecule has 1 aliphatic rings. The average molecular weight is 395 g/mol. The molecule has 0 fully saturated rings. The van der Waals surface area contributed by atoms with Crippen LogP contribution < -0.4 is 9.47 Å². The number of aromatic nitrogens is 3. The second-order valence-electron chi connectivity index (χ2n) is 6.27. The maximum Gasteiger partial charge on any atom is 0.250 e. The fraction of sp³-hybridized carbons (Fsp3) is 0.286. The minimum atomic E-state index is -0.0441. The predicted molar refractivity (Wildman–Crippen MR) is 108 cm³/mol. The smallest absolute Gasteiger partial charge is 0.250 e. The number of ether oxygens (including phenoxy) is 2. The third kappa shape index (κ3) is 3.62. The van der Waals surface area contributed by atoms with Crippen molar-refractivity contribution in [1.82, 2.24) is 14.8 Å². The summed E-state index contributed by atoms with van der Waals surface area (Å²) in [6, 6.07) is 15.6. The van der Waals surface area contributed by atoms with Crippen LogP contribution in [0.4, 0.5) is 0 Å². The number of nitrogens with zero attached hydrogens (tertiary/aromatic N) is 3. The van der Waals surface area contributed by atoms with E-state index in [2.05, 4.69) is 10.1 Å². The molecule has 0 saturated carbocycles. The van der Waals surface area contributed by atoms with Gasteiger partial charge in [0.05, 0.1) is 13.2 Å². The van der Waals surface area contributed by atoms with Crippen LogP contribution in [-0.4, -0.2) is 33.9 Å². The quantitative estimate of drug-likeness (QED) is 0.607. The molecule has 1 atom stereocenters. The maximum absolute atomic E-state index is 12.6. The summed E-state index contributed by atoms with van der Waals surface area (Å²) in [6.07, 6.45) is 0.401. The molecule has 3 aromatic rings. The van der Waals surface area contributed by atoms with Crippen molar-refractivity contribution in [3.8, 4) is 22.9 Å². The Morgan fingerprint density at radius 3 is 2.57 bits per heavy atom. The molecule has 28 heavy (non-hydrogen) atoms. The fourth-order valence-electron chi connectivity index (χ4n) is 3.12. The SMILES string of the molecule is CCOc1ccc(-c2nc3n(n2)C(=O)C[C@H](c2ccccc2)S3)cc1OCC. The zero-order chi connectivity index (χ0) is 19.5. The van der Waals surface area contributed by atoms with Crippen molar-refractivity contribution in [2.75, 3.05) is 13.2 Å². The molecule has 0 bridgehead atoms. The molecule has 1 aromatic heterocycles. The topological polar surface area (TPSA) is 66.2 Å². The number of benzene rings is 2. The van der Waals surface area contributed by atoms with E-state index in [9.17, 15) is 4.79 Å². The molecule has 2 heterocycles. The van der Waals surface area contributed by atoms with Gasteiger partial charge in [-0.25, -0.2) is 4.98 Å². The highest BCUT2D eigenvalue weighted by molar-refractivity contribution is 7.99. The number of carbonyl (C=O) groups excluding carboxylic acids is 1. The van der Waals surface area contributed by atoms with Gasteiger partial charge in [-0.05, 0) is 37.6 Å². The molecule has 0 spiro atoms. The molecule has 2 aromatic carbocycles. The molecule has 0 amide bonds. The highest BCUT2D eigenvalue weighted by Crippen LogP contribution is 2.42. The van der Waals surface area contributed by atoms with Gasteiger partial charge in [0.25, 0.3) is 5.91 Å². The summed E-state index contributed by atoms with van der Waals surface area (Å²) in [5.41, 5.74) is 1.91. The molecule has 6 nitrogen and oxygen atoms in total. The van der Waals surface area contributed by atoms with Gasteiger partial charge >= 0.3 is 0 Å². The Hall–Kier alpha value is -2.80. The minimum absolute atomic E-state index is 0.0441. The highest BCUT2D eigenvalue weighted by atomic mass is 32.2. The second kappa shape index (κ2) is 8.06.